The maximum Gasteiger partial charge on any atom is 0.407 e. The Bertz CT molecular complexity index is 1380. The maximum absolute atomic E-state index is 12.9. The summed E-state index contributed by atoms with van der Waals surface area (Å²) in [6.45, 7) is 9.39. The third kappa shape index (κ3) is 8.34. The second-order valence-corrected chi connectivity index (χ2v) is 10.9. The Kier molecular flexibility index (Phi) is 10.1. The molecule has 3 aromatic rings. The van der Waals surface area contributed by atoms with Crippen LogP contribution < -0.4 is 15.0 Å². The minimum absolute atomic E-state index is 0.0733. The maximum atomic E-state index is 12.9. The molecule has 1 fully saturated rings. The molecule has 0 bridgehead atoms. The van der Waals surface area contributed by atoms with E-state index in [0.717, 1.165) is 0 Å². The summed E-state index contributed by atoms with van der Waals surface area (Å²) in [6, 6.07) is 8.64. The van der Waals surface area contributed by atoms with Crippen LogP contribution in [0.5, 0.6) is 5.88 Å². The van der Waals surface area contributed by atoms with E-state index in [1.165, 1.54) is 23.9 Å². The number of aryl methyl sites for hydroxylation is 1. The number of carbonyl (C=O) groups excluding carboxylic acids is 2. The van der Waals surface area contributed by atoms with Crippen LogP contribution in [0.2, 0.25) is 0 Å². The van der Waals surface area contributed by atoms with Gasteiger partial charge in [-0.25, -0.2) is 18.3 Å². The molecule has 1 amide bonds. The Hall–Kier alpha value is -4.40. The molecule has 1 aliphatic rings. The van der Waals surface area contributed by atoms with Gasteiger partial charge in [-0.2, -0.15) is 0 Å². The van der Waals surface area contributed by atoms with Gasteiger partial charge in [0.2, 0.25) is 5.88 Å². The number of piperazine rings is 1. The van der Waals surface area contributed by atoms with Crippen molar-refractivity contribution in [1.82, 2.24) is 35.4 Å². The molecule has 1 atom stereocenters. The van der Waals surface area contributed by atoms with Crippen molar-refractivity contribution in [1.29, 1.82) is 0 Å². The van der Waals surface area contributed by atoms with Crippen LogP contribution in [0, 0.1) is 6.92 Å². The Balaban J connectivity index is 1.35. The first-order valence-corrected chi connectivity index (χ1v) is 13.7. The molecule has 0 aliphatic carbocycles. The third-order valence-corrected chi connectivity index (χ3v) is 6.69. The van der Waals surface area contributed by atoms with E-state index in [0.29, 0.717) is 55.6 Å². The van der Waals surface area contributed by atoms with Gasteiger partial charge in [-0.1, -0.05) is 17.3 Å². The van der Waals surface area contributed by atoms with Crippen molar-refractivity contribution in [2.45, 2.75) is 52.4 Å². The van der Waals surface area contributed by atoms with Crippen molar-refractivity contribution in [2.75, 3.05) is 44.7 Å². The van der Waals surface area contributed by atoms with E-state index >= 15 is 0 Å². The smallest absolute Gasteiger partial charge is 0.407 e. The summed E-state index contributed by atoms with van der Waals surface area (Å²) in [4.78, 5) is 28.4. The van der Waals surface area contributed by atoms with Gasteiger partial charge >= 0.3 is 12.1 Å². The van der Waals surface area contributed by atoms with Gasteiger partial charge in [-0.05, 0) is 45.9 Å². The fraction of sp³-hybridized carbons (Fsp3) is 0.500. The third-order valence-electron chi connectivity index (χ3n) is 6.69. The van der Waals surface area contributed by atoms with Gasteiger partial charge in [0.15, 0.2) is 5.82 Å². The monoisotopic (exact) mass is 602 g/mol. The number of methoxy groups -OCH3 is 1. The van der Waals surface area contributed by atoms with Crippen molar-refractivity contribution in [2.24, 2.45) is 0 Å². The number of alkyl halides is 2. The molecule has 1 saturated heterocycles. The number of anilines is 1. The van der Waals surface area contributed by atoms with Crippen LogP contribution in [-0.2, 0) is 20.9 Å². The van der Waals surface area contributed by atoms with Gasteiger partial charge in [0, 0.05) is 44.4 Å². The van der Waals surface area contributed by atoms with Gasteiger partial charge in [0.05, 0.1) is 18.5 Å². The van der Waals surface area contributed by atoms with Gasteiger partial charge in [0.25, 0.3) is 6.43 Å². The second kappa shape index (κ2) is 13.7. The standard InChI is InChI=1S/C28H36F2N8O5/c1-18-22(38(35-32-18)20-8-6-19(7-9-20)25(29)30)17-42-24-11-10-23(33-34-24)37-15-14-36(21(16-37)26(39)41-5)13-12-31-27(40)43-28(2,3)4/h6-11,21,25H,12-17H2,1-5H3,(H,31,40)/t21-/m1/s1. The van der Waals surface area contributed by atoms with Gasteiger partial charge in [-0.15, -0.1) is 15.3 Å². The zero-order chi connectivity index (χ0) is 31.1. The van der Waals surface area contributed by atoms with Crippen molar-refractivity contribution < 1.29 is 32.6 Å². The highest BCUT2D eigenvalue weighted by Gasteiger charge is 2.34. The summed E-state index contributed by atoms with van der Waals surface area (Å²) < 4.78 is 43.5. The number of hydrogen-bond donors (Lipinski definition) is 1. The van der Waals surface area contributed by atoms with Crippen LogP contribution in [0.1, 0.15) is 44.1 Å². The summed E-state index contributed by atoms with van der Waals surface area (Å²) in [5.41, 5.74) is 1.15. The van der Waals surface area contributed by atoms with Gasteiger partial charge in [-0.3, -0.25) is 9.69 Å². The highest BCUT2D eigenvalue weighted by Crippen LogP contribution is 2.23. The lowest BCUT2D eigenvalue weighted by Crippen LogP contribution is -2.58. The highest BCUT2D eigenvalue weighted by atomic mass is 19.3. The van der Waals surface area contributed by atoms with E-state index in [4.69, 9.17) is 14.2 Å². The number of esters is 1. The lowest BCUT2D eigenvalue weighted by atomic mass is 10.1. The van der Waals surface area contributed by atoms with E-state index in [1.54, 1.807) is 52.0 Å². The molecule has 1 aliphatic heterocycles. The predicted octanol–water partition coefficient (Wildman–Crippen LogP) is 3.07. The van der Waals surface area contributed by atoms with E-state index < -0.39 is 24.2 Å². The van der Waals surface area contributed by atoms with Crippen LogP contribution in [-0.4, -0.2) is 93.6 Å². The fourth-order valence-corrected chi connectivity index (χ4v) is 4.48. The minimum atomic E-state index is -2.56. The topological polar surface area (TPSA) is 137 Å². The molecule has 3 heterocycles. The largest absolute Gasteiger partial charge is 0.470 e. The van der Waals surface area contributed by atoms with Crippen LogP contribution >= 0.6 is 0 Å². The molecule has 2 aromatic heterocycles. The van der Waals surface area contributed by atoms with Crippen LogP contribution in [0.15, 0.2) is 36.4 Å². The normalized spacial score (nSPS) is 15.8. The molecule has 15 heteroatoms. The minimum Gasteiger partial charge on any atom is -0.470 e. The number of nitrogens with zero attached hydrogens (tertiary/aromatic N) is 7. The average molecular weight is 603 g/mol. The number of amides is 1. The SMILES string of the molecule is COC(=O)[C@H]1CN(c2ccc(OCc3c(C)nnn3-c3ccc(C(F)F)cc3)nn2)CCN1CCNC(=O)OC(C)(C)C. The quantitative estimate of drug-likeness (QED) is 0.343. The fourth-order valence-electron chi connectivity index (χ4n) is 4.48. The molecule has 232 valence electrons. The van der Waals surface area contributed by atoms with E-state index in [2.05, 4.69) is 25.8 Å². The average Bonchev–Trinajstić information content (AvgIpc) is 3.35. The van der Waals surface area contributed by atoms with Crippen LogP contribution in [0.4, 0.5) is 19.4 Å². The lowest BCUT2D eigenvalue weighted by Gasteiger charge is -2.40. The summed E-state index contributed by atoms with van der Waals surface area (Å²) in [6.07, 6.45) is -3.07. The summed E-state index contributed by atoms with van der Waals surface area (Å²) in [5.74, 6) is 0.439. The molecular weight excluding hydrogens is 566 g/mol. The summed E-state index contributed by atoms with van der Waals surface area (Å²) >= 11 is 0. The van der Waals surface area contributed by atoms with Gasteiger partial charge < -0.3 is 24.4 Å². The summed E-state index contributed by atoms with van der Waals surface area (Å²) in [7, 11) is 1.34. The molecule has 0 radical (unpaired) electrons. The Morgan fingerprint density at radius 3 is 2.44 bits per heavy atom. The lowest BCUT2D eigenvalue weighted by molar-refractivity contribution is -0.147. The zero-order valence-corrected chi connectivity index (χ0v) is 24.8. The van der Waals surface area contributed by atoms with Gasteiger partial charge in [0.1, 0.15) is 23.9 Å². The van der Waals surface area contributed by atoms with Crippen molar-refractivity contribution >= 4 is 17.9 Å². The van der Waals surface area contributed by atoms with E-state index in [-0.39, 0.29) is 24.0 Å². The Morgan fingerprint density at radius 1 is 1.07 bits per heavy atom. The molecule has 0 unspecified atom stereocenters. The number of hydrogen-bond acceptors (Lipinski definition) is 11. The number of alkyl carbamates (subject to hydrolysis) is 1. The first-order chi connectivity index (χ1) is 20.4. The highest BCUT2D eigenvalue weighted by molar-refractivity contribution is 5.77. The number of aromatic nitrogens is 5. The van der Waals surface area contributed by atoms with Crippen molar-refractivity contribution in [3.8, 4) is 11.6 Å². The second-order valence-electron chi connectivity index (χ2n) is 10.9. The van der Waals surface area contributed by atoms with Crippen LogP contribution in [0.25, 0.3) is 5.69 Å². The van der Waals surface area contributed by atoms with Crippen LogP contribution in [0.3, 0.4) is 0 Å². The number of nitrogens with one attached hydrogen (secondary N) is 1. The molecule has 0 saturated carbocycles. The first kappa shape index (κ1) is 31.5. The number of halogens is 2. The molecule has 1 aromatic carbocycles. The number of benzene rings is 1. The Labute approximate surface area is 248 Å². The predicted molar refractivity (Wildman–Crippen MR) is 151 cm³/mol. The number of rotatable bonds is 10. The Morgan fingerprint density at radius 2 is 1.81 bits per heavy atom. The molecule has 1 N–H and O–H groups in total. The van der Waals surface area contributed by atoms with Crippen molar-refractivity contribution in [3.05, 3.63) is 53.3 Å². The number of ether oxygens (including phenoxy) is 3. The van der Waals surface area contributed by atoms with Crippen molar-refractivity contribution in [3.63, 3.8) is 0 Å². The summed E-state index contributed by atoms with van der Waals surface area (Å²) in [5, 5.41) is 19.4. The first-order valence-electron chi connectivity index (χ1n) is 13.7. The number of carbonyl (C=O) groups is 2. The zero-order valence-electron chi connectivity index (χ0n) is 24.8. The van der Waals surface area contributed by atoms with E-state index in [1.807, 2.05) is 9.80 Å². The molecule has 43 heavy (non-hydrogen) atoms. The van der Waals surface area contributed by atoms with E-state index in [9.17, 15) is 18.4 Å². The molecule has 0 spiro atoms. The molecule has 13 nitrogen and oxygen atoms in total. The molecule has 4 rings (SSSR count). The molecular formula is C28H36F2N8O5.